The van der Waals surface area contributed by atoms with Gasteiger partial charge in [0.2, 0.25) is 0 Å². The second-order valence-electron chi connectivity index (χ2n) is 4.13. The third-order valence-corrected chi connectivity index (χ3v) is 3.93. The summed E-state index contributed by atoms with van der Waals surface area (Å²) in [6.45, 7) is 1.73. The highest BCUT2D eigenvalue weighted by molar-refractivity contribution is 7.90. The minimum absolute atomic E-state index is 0.273. The van der Waals surface area contributed by atoms with Gasteiger partial charge in [-0.1, -0.05) is 12.1 Å². The molecule has 0 radical (unpaired) electrons. The van der Waals surface area contributed by atoms with Crippen LogP contribution in [-0.2, 0) is 9.84 Å². The molecule has 18 heavy (non-hydrogen) atoms. The first kappa shape index (κ1) is 12.6. The zero-order valence-electron chi connectivity index (χ0n) is 10.1. The van der Waals surface area contributed by atoms with Crippen molar-refractivity contribution >= 4 is 9.84 Å². The third-order valence-electron chi connectivity index (χ3n) is 2.80. The minimum atomic E-state index is -3.19. The summed E-state index contributed by atoms with van der Waals surface area (Å²) in [5.41, 5.74) is 2.21. The molecule has 2 rings (SSSR count). The molecule has 0 atom stereocenters. The summed E-state index contributed by atoms with van der Waals surface area (Å²) in [6.07, 6.45) is 2.60. The summed E-state index contributed by atoms with van der Waals surface area (Å²) in [7, 11) is -3.19. The fraction of sp³-hybridized carbons (Fsp3) is 0.154. The van der Waals surface area contributed by atoms with Gasteiger partial charge in [-0.15, -0.1) is 0 Å². The van der Waals surface area contributed by atoms with Gasteiger partial charge in [-0.05, 0) is 23.8 Å². The molecule has 0 aliphatic rings. The number of rotatable bonds is 2. The standard InChI is InChI=1S/C13H13NO3S/c1-10-13(4-3-9-14(10)15)11-5-7-12(8-6-11)18(2,16)17/h3-9H,1-2H3. The Labute approximate surface area is 106 Å². The molecule has 0 bridgehead atoms. The molecule has 4 nitrogen and oxygen atoms in total. The number of pyridine rings is 1. The molecule has 2 aromatic rings. The Morgan fingerprint density at radius 1 is 1.11 bits per heavy atom. The van der Waals surface area contributed by atoms with Crippen molar-refractivity contribution in [3.05, 3.63) is 53.5 Å². The van der Waals surface area contributed by atoms with Gasteiger partial charge in [0.1, 0.15) is 0 Å². The number of sulfone groups is 1. The van der Waals surface area contributed by atoms with E-state index in [1.165, 1.54) is 12.5 Å². The van der Waals surface area contributed by atoms with Crippen molar-refractivity contribution in [1.82, 2.24) is 0 Å². The highest BCUT2D eigenvalue weighted by Gasteiger charge is 2.11. The van der Waals surface area contributed by atoms with Crippen molar-refractivity contribution in [1.29, 1.82) is 0 Å². The van der Waals surface area contributed by atoms with Crippen molar-refractivity contribution in [2.45, 2.75) is 11.8 Å². The summed E-state index contributed by atoms with van der Waals surface area (Å²) in [5, 5.41) is 11.5. The number of aromatic nitrogens is 1. The monoisotopic (exact) mass is 263 g/mol. The van der Waals surface area contributed by atoms with E-state index in [0.717, 1.165) is 15.9 Å². The van der Waals surface area contributed by atoms with Gasteiger partial charge in [0.15, 0.2) is 21.7 Å². The number of nitrogens with zero attached hydrogens (tertiary/aromatic N) is 1. The summed E-state index contributed by atoms with van der Waals surface area (Å²) in [4.78, 5) is 0.273. The minimum Gasteiger partial charge on any atom is -0.618 e. The maximum absolute atomic E-state index is 11.5. The first-order chi connectivity index (χ1) is 8.39. The van der Waals surface area contributed by atoms with Crippen LogP contribution in [0.5, 0.6) is 0 Å². The Kier molecular flexibility index (Phi) is 3.09. The lowest BCUT2D eigenvalue weighted by molar-refractivity contribution is -0.611. The quantitative estimate of drug-likeness (QED) is 0.612. The first-order valence-corrected chi connectivity index (χ1v) is 7.28. The normalized spacial score (nSPS) is 11.4. The second kappa shape index (κ2) is 4.42. The van der Waals surface area contributed by atoms with Crippen LogP contribution < -0.4 is 4.73 Å². The molecule has 1 aromatic carbocycles. The molecule has 94 valence electrons. The van der Waals surface area contributed by atoms with Crippen LogP contribution in [0.1, 0.15) is 5.69 Å². The van der Waals surface area contributed by atoms with E-state index in [-0.39, 0.29) is 4.90 Å². The van der Waals surface area contributed by atoms with Crippen LogP contribution in [0.15, 0.2) is 47.5 Å². The smallest absolute Gasteiger partial charge is 0.197 e. The van der Waals surface area contributed by atoms with E-state index in [4.69, 9.17) is 0 Å². The number of hydrogen-bond donors (Lipinski definition) is 0. The van der Waals surface area contributed by atoms with E-state index in [9.17, 15) is 13.6 Å². The molecule has 0 aliphatic heterocycles. The molecule has 0 amide bonds. The molecule has 0 unspecified atom stereocenters. The van der Waals surface area contributed by atoms with Gasteiger partial charge in [-0.3, -0.25) is 0 Å². The lowest BCUT2D eigenvalue weighted by Gasteiger charge is -2.07. The summed E-state index contributed by atoms with van der Waals surface area (Å²) < 4.78 is 23.5. The highest BCUT2D eigenvalue weighted by atomic mass is 32.2. The molecule has 1 aromatic heterocycles. The van der Waals surface area contributed by atoms with E-state index in [2.05, 4.69) is 0 Å². The van der Waals surface area contributed by atoms with E-state index >= 15 is 0 Å². The molecule has 0 aliphatic carbocycles. The SMILES string of the molecule is Cc1c(-c2ccc(S(C)(=O)=O)cc2)ccc[n+]1[O-]. The molecule has 0 saturated carbocycles. The van der Waals surface area contributed by atoms with E-state index in [1.54, 1.807) is 37.3 Å². The Bertz CT molecular complexity index is 676. The molecule has 5 heteroatoms. The lowest BCUT2D eigenvalue weighted by Crippen LogP contribution is -2.29. The van der Waals surface area contributed by atoms with Crippen molar-refractivity contribution in [3.63, 3.8) is 0 Å². The van der Waals surface area contributed by atoms with Crippen molar-refractivity contribution in [2.75, 3.05) is 6.26 Å². The Morgan fingerprint density at radius 2 is 1.72 bits per heavy atom. The predicted octanol–water partition coefficient (Wildman–Crippen LogP) is 1.70. The van der Waals surface area contributed by atoms with Crippen molar-refractivity contribution in [2.24, 2.45) is 0 Å². The van der Waals surface area contributed by atoms with Crippen LogP contribution in [0.3, 0.4) is 0 Å². The molecule has 0 spiro atoms. The van der Waals surface area contributed by atoms with Crippen LogP contribution in [0.4, 0.5) is 0 Å². The van der Waals surface area contributed by atoms with Crippen molar-refractivity contribution in [3.8, 4) is 11.1 Å². The van der Waals surface area contributed by atoms with E-state index in [1.807, 2.05) is 6.07 Å². The average Bonchev–Trinajstić information content (AvgIpc) is 2.32. The van der Waals surface area contributed by atoms with Crippen LogP contribution in [0.2, 0.25) is 0 Å². The topological polar surface area (TPSA) is 61.1 Å². The highest BCUT2D eigenvalue weighted by Crippen LogP contribution is 2.22. The largest absolute Gasteiger partial charge is 0.618 e. The number of benzene rings is 1. The first-order valence-electron chi connectivity index (χ1n) is 5.39. The zero-order valence-corrected chi connectivity index (χ0v) is 10.9. The third kappa shape index (κ3) is 2.36. The summed E-state index contributed by atoms with van der Waals surface area (Å²) >= 11 is 0. The second-order valence-corrected chi connectivity index (χ2v) is 6.15. The summed E-state index contributed by atoms with van der Waals surface area (Å²) in [5.74, 6) is 0. The maximum atomic E-state index is 11.5. The van der Waals surface area contributed by atoms with Gasteiger partial charge < -0.3 is 5.21 Å². The molecule has 0 fully saturated rings. The van der Waals surface area contributed by atoms with Gasteiger partial charge in [-0.2, -0.15) is 4.73 Å². The van der Waals surface area contributed by atoms with Gasteiger partial charge in [0.25, 0.3) is 0 Å². The van der Waals surface area contributed by atoms with Crippen LogP contribution in [-0.4, -0.2) is 14.7 Å². The van der Waals surface area contributed by atoms with Crippen molar-refractivity contribution < 1.29 is 13.1 Å². The molecule has 0 saturated heterocycles. The predicted molar refractivity (Wildman–Crippen MR) is 68.7 cm³/mol. The van der Waals surface area contributed by atoms with Gasteiger partial charge in [0.05, 0.1) is 4.90 Å². The van der Waals surface area contributed by atoms with Crippen LogP contribution in [0.25, 0.3) is 11.1 Å². The zero-order chi connectivity index (χ0) is 13.3. The Balaban J connectivity index is 2.50. The summed E-state index contributed by atoms with van der Waals surface area (Å²) in [6, 6.07) is 10.0. The fourth-order valence-electron chi connectivity index (χ4n) is 1.76. The molecular weight excluding hydrogens is 250 g/mol. The lowest BCUT2D eigenvalue weighted by atomic mass is 10.1. The van der Waals surface area contributed by atoms with Crippen LogP contribution >= 0.6 is 0 Å². The van der Waals surface area contributed by atoms with Gasteiger partial charge >= 0.3 is 0 Å². The van der Waals surface area contributed by atoms with Gasteiger partial charge in [-0.25, -0.2) is 8.42 Å². The molecule has 0 N–H and O–H groups in total. The average molecular weight is 263 g/mol. The molecular formula is C13H13NO3S. The van der Waals surface area contributed by atoms with E-state index < -0.39 is 9.84 Å². The van der Waals surface area contributed by atoms with Crippen LogP contribution in [0, 0.1) is 12.1 Å². The Morgan fingerprint density at radius 3 is 2.28 bits per heavy atom. The van der Waals surface area contributed by atoms with Gasteiger partial charge in [0, 0.05) is 24.8 Å². The Hall–Kier alpha value is -1.88. The van der Waals surface area contributed by atoms with E-state index in [0.29, 0.717) is 5.69 Å². The fourth-order valence-corrected chi connectivity index (χ4v) is 2.39. The number of hydrogen-bond acceptors (Lipinski definition) is 3. The molecule has 1 heterocycles. The maximum Gasteiger partial charge on any atom is 0.197 e.